The van der Waals surface area contributed by atoms with Gasteiger partial charge in [-0.25, -0.2) is 9.97 Å². The summed E-state index contributed by atoms with van der Waals surface area (Å²) >= 11 is 3.33. The van der Waals surface area contributed by atoms with Gasteiger partial charge in [-0.3, -0.25) is 4.79 Å². The lowest BCUT2D eigenvalue weighted by molar-refractivity contribution is -0.131. The molecule has 1 aliphatic rings. The number of amides is 1. The molecule has 0 spiro atoms. The Bertz CT molecular complexity index is 457. The van der Waals surface area contributed by atoms with Gasteiger partial charge in [0.15, 0.2) is 0 Å². The van der Waals surface area contributed by atoms with Crippen LogP contribution in [0, 0.1) is 0 Å². The van der Waals surface area contributed by atoms with Crippen LogP contribution in [0.15, 0.2) is 16.9 Å². The van der Waals surface area contributed by atoms with Crippen molar-refractivity contribution in [2.45, 2.75) is 26.3 Å². The standard InChI is InChI=1S/C14H22BrN5O/c1-11(2)16-4-3-13(21)19-5-7-20(8-6-19)14-17-9-12(15)10-18-14/h9-11,16H,3-8H2,1-2H3. The van der Waals surface area contributed by atoms with Crippen LogP contribution < -0.4 is 10.2 Å². The first kappa shape index (κ1) is 16.2. The lowest BCUT2D eigenvalue weighted by Gasteiger charge is -2.34. The predicted octanol–water partition coefficient (Wildman–Crippen LogP) is 1.28. The normalized spacial score (nSPS) is 15.6. The molecule has 2 rings (SSSR count). The molecule has 7 heteroatoms. The largest absolute Gasteiger partial charge is 0.339 e. The van der Waals surface area contributed by atoms with Gasteiger partial charge in [-0.2, -0.15) is 0 Å². The summed E-state index contributed by atoms with van der Waals surface area (Å²) in [7, 11) is 0. The van der Waals surface area contributed by atoms with Crippen molar-refractivity contribution < 1.29 is 4.79 Å². The topological polar surface area (TPSA) is 61.4 Å². The highest BCUT2D eigenvalue weighted by Crippen LogP contribution is 2.13. The van der Waals surface area contributed by atoms with Crippen LogP contribution in [0.4, 0.5) is 5.95 Å². The Labute approximate surface area is 134 Å². The molecule has 21 heavy (non-hydrogen) atoms. The summed E-state index contributed by atoms with van der Waals surface area (Å²) in [6.07, 6.45) is 4.06. The molecule has 1 N–H and O–H groups in total. The molecular formula is C14H22BrN5O. The van der Waals surface area contributed by atoms with Crippen molar-refractivity contribution in [3.05, 3.63) is 16.9 Å². The molecule has 1 amide bonds. The summed E-state index contributed by atoms with van der Waals surface area (Å²) < 4.78 is 0.873. The highest BCUT2D eigenvalue weighted by molar-refractivity contribution is 9.10. The van der Waals surface area contributed by atoms with Crippen molar-refractivity contribution in [1.82, 2.24) is 20.2 Å². The van der Waals surface area contributed by atoms with Crippen molar-refractivity contribution in [3.8, 4) is 0 Å². The van der Waals surface area contributed by atoms with Gasteiger partial charge in [-0.1, -0.05) is 13.8 Å². The molecular weight excluding hydrogens is 334 g/mol. The minimum atomic E-state index is 0.222. The zero-order valence-corrected chi connectivity index (χ0v) is 14.1. The molecule has 0 aromatic carbocycles. The second-order valence-electron chi connectivity index (χ2n) is 5.43. The van der Waals surface area contributed by atoms with Crippen molar-refractivity contribution in [2.24, 2.45) is 0 Å². The van der Waals surface area contributed by atoms with Crippen LogP contribution in [0.25, 0.3) is 0 Å². The van der Waals surface area contributed by atoms with E-state index < -0.39 is 0 Å². The molecule has 1 aliphatic heterocycles. The summed E-state index contributed by atoms with van der Waals surface area (Å²) in [4.78, 5) is 24.7. The van der Waals surface area contributed by atoms with E-state index in [0.717, 1.165) is 43.1 Å². The fraction of sp³-hybridized carbons (Fsp3) is 0.643. The molecule has 1 fully saturated rings. The lowest BCUT2D eigenvalue weighted by Crippen LogP contribution is -2.49. The molecule has 6 nitrogen and oxygen atoms in total. The van der Waals surface area contributed by atoms with Gasteiger partial charge in [0.05, 0.1) is 4.47 Å². The summed E-state index contributed by atoms with van der Waals surface area (Å²) in [6, 6.07) is 0.421. The van der Waals surface area contributed by atoms with Gasteiger partial charge in [0.2, 0.25) is 11.9 Å². The smallest absolute Gasteiger partial charge is 0.225 e. The van der Waals surface area contributed by atoms with E-state index in [2.05, 4.69) is 50.0 Å². The molecule has 2 heterocycles. The van der Waals surface area contributed by atoms with Gasteiger partial charge >= 0.3 is 0 Å². The second-order valence-corrected chi connectivity index (χ2v) is 6.34. The third-order valence-electron chi connectivity index (χ3n) is 3.41. The van der Waals surface area contributed by atoms with Crippen LogP contribution in [-0.2, 0) is 4.79 Å². The lowest BCUT2D eigenvalue weighted by atomic mass is 10.2. The van der Waals surface area contributed by atoms with E-state index in [9.17, 15) is 4.79 Å². The van der Waals surface area contributed by atoms with Gasteiger partial charge in [0.1, 0.15) is 0 Å². The zero-order chi connectivity index (χ0) is 15.2. The predicted molar refractivity (Wildman–Crippen MR) is 86.3 cm³/mol. The van der Waals surface area contributed by atoms with Gasteiger partial charge in [0, 0.05) is 57.6 Å². The van der Waals surface area contributed by atoms with E-state index in [1.807, 2.05) is 4.90 Å². The quantitative estimate of drug-likeness (QED) is 0.861. The first-order valence-corrected chi connectivity index (χ1v) is 8.09. The average Bonchev–Trinajstić information content (AvgIpc) is 2.48. The molecule has 0 bridgehead atoms. The number of rotatable bonds is 5. The summed E-state index contributed by atoms with van der Waals surface area (Å²) in [5.41, 5.74) is 0. The fourth-order valence-corrected chi connectivity index (χ4v) is 2.46. The van der Waals surface area contributed by atoms with Crippen LogP contribution in [0.2, 0.25) is 0 Å². The summed E-state index contributed by atoms with van der Waals surface area (Å²) in [6.45, 7) is 7.95. The zero-order valence-electron chi connectivity index (χ0n) is 12.5. The highest BCUT2D eigenvalue weighted by atomic mass is 79.9. The molecule has 0 aliphatic carbocycles. The van der Waals surface area contributed by atoms with E-state index in [1.54, 1.807) is 12.4 Å². The fourth-order valence-electron chi connectivity index (χ4n) is 2.25. The number of nitrogens with one attached hydrogen (secondary N) is 1. The molecule has 1 aromatic heterocycles. The highest BCUT2D eigenvalue weighted by Gasteiger charge is 2.22. The number of carbonyl (C=O) groups excluding carboxylic acids is 1. The Morgan fingerprint density at radius 3 is 2.48 bits per heavy atom. The Morgan fingerprint density at radius 1 is 1.29 bits per heavy atom. The Balaban J connectivity index is 1.77. The van der Waals surface area contributed by atoms with Crippen molar-refractivity contribution in [3.63, 3.8) is 0 Å². The van der Waals surface area contributed by atoms with E-state index in [4.69, 9.17) is 0 Å². The number of hydrogen-bond acceptors (Lipinski definition) is 5. The van der Waals surface area contributed by atoms with Crippen molar-refractivity contribution >= 4 is 27.8 Å². The maximum absolute atomic E-state index is 12.1. The number of piperazine rings is 1. The second kappa shape index (κ2) is 7.70. The van der Waals surface area contributed by atoms with E-state index in [0.29, 0.717) is 12.5 Å². The number of carbonyl (C=O) groups is 1. The van der Waals surface area contributed by atoms with Crippen LogP contribution in [0.5, 0.6) is 0 Å². The van der Waals surface area contributed by atoms with Gasteiger partial charge in [-0.05, 0) is 15.9 Å². The first-order valence-electron chi connectivity index (χ1n) is 7.30. The van der Waals surface area contributed by atoms with Crippen LogP contribution in [0.1, 0.15) is 20.3 Å². The Hall–Kier alpha value is -1.21. The molecule has 116 valence electrons. The third kappa shape index (κ3) is 4.93. The molecule has 1 saturated heterocycles. The molecule has 0 unspecified atom stereocenters. The van der Waals surface area contributed by atoms with E-state index >= 15 is 0 Å². The van der Waals surface area contributed by atoms with Crippen LogP contribution in [0.3, 0.4) is 0 Å². The van der Waals surface area contributed by atoms with Crippen LogP contribution in [-0.4, -0.2) is 59.5 Å². The van der Waals surface area contributed by atoms with Crippen LogP contribution >= 0.6 is 15.9 Å². The summed E-state index contributed by atoms with van der Waals surface area (Å²) in [5, 5.41) is 3.27. The van der Waals surface area contributed by atoms with Gasteiger partial charge < -0.3 is 15.1 Å². The van der Waals surface area contributed by atoms with Crippen molar-refractivity contribution in [1.29, 1.82) is 0 Å². The SMILES string of the molecule is CC(C)NCCC(=O)N1CCN(c2ncc(Br)cn2)CC1. The number of anilines is 1. The van der Waals surface area contributed by atoms with Gasteiger partial charge in [0.25, 0.3) is 0 Å². The summed E-state index contributed by atoms with van der Waals surface area (Å²) in [5.74, 6) is 0.950. The Morgan fingerprint density at radius 2 is 1.90 bits per heavy atom. The van der Waals surface area contributed by atoms with Crippen molar-refractivity contribution in [2.75, 3.05) is 37.6 Å². The molecule has 0 atom stereocenters. The molecule has 0 radical (unpaired) electrons. The number of halogens is 1. The minimum Gasteiger partial charge on any atom is -0.339 e. The monoisotopic (exact) mass is 355 g/mol. The molecule has 0 saturated carbocycles. The number of aromatic nitrogens is 2. The maximum Gasteiger partial charge on any atom is 0.225 e. The Kier molecular flexibility index (Phi) is 5.93. The third-order valence-corrected chi connectivity index (χ3v) is 3.82. The number of hydrogen-bond donors (Lipinski definition) is 1. The maximum atomic E-state index is 12.1. The van der Waals surface area contributed by atoms with E-state index in [-0.39, 0.29) is 5.91 Å². The van der Waals surface area contributed by atoms with Gasteiger partial charge in [-0.15, -0.1) is 0 Å². The first-order chi connectivity index (χ1) is 10.1. The minimum absolute atomic E-state index is 0.222. The van der Waals surface area contributed by atoms with E-state index in [1.165, 1.54) is 0 Å². The number of nitrogens with zero attached hydrogens (tertiary/aromatic N) is 4. The molecule has 1 aromatic rings. The average molecular weight is 356 g/mol.